The Bertz CT molecular complexity index is 1660. The number of aryl methyl sites for hydroxylation is 2. The molecule has 0 atom stereocenters. The van der Waals surface area contributed by atoms with E-state index in [1.165, 1.54) is 0 Å². The average molecular weight is 731 g/mol. The fraction of sp³-hybridized carbons (Fsp3) is 0.535. The van der Waals surface area contributed by atoms with Gasteiger partial charge in [0.15, 0.2) is 12.6 Å². The molecule has 0 radical (unpaired) electrons. The molecular weight excluding hydrogens is 674 g/mol. The van der Waals surface area contributed by atoms with Crippen molar-refractivity contribution in [1.82, 2.24) is 19.9 Å². The highest BCUT2D eigenvalue weighted by Crippen LogP contribution is 2.31. The zero-order valence-electron chi connectivity index (χ0n) is 31.9. The lowest BCUT2D eigenvalue weighted by atomic mass is 10.0. The van der Waals surface area contributed by atoms with E-state index in [4.69, 9.17) is 18.9 Å². The predicted molar refractivity (Wildman–Crippen MR) is 203 cm³/mol. The number of benzene rings is 2. The fourth-order valence-electron chi connectivity index (χ4n) is 6.55. The Morgan fingerprint density at radius 3 is 1.28 bits per heavy atom. The second-order valence-corrected chi connectivity index (χ2v) is 14.1. The molecule has 2 aliphatic rings. The average Bonchev–Trinajstić information content (AvgIpc) is 3.19. The number of aromatic nitrogens is 4. The van der Waals surface area contributed by atoms with Gasteiger partial charge in [-0.3, -0.25) is 0 Å². The first kappa shape index (κ1) is 40.5. The number of halogens is 2. The summed E-state index contributed by atoms with van der Waals surface area (Å²) in [6, 6.07) is 15.2. The van der Waals surface area contributed by atoms with E-state index in [1.54, 1.807) is 12.4 Å². The van der Waals surface area contributed by atoms with Crippen LogP contribution >= 0.6 is 0 Å². The number of rotatable bonds is 15. The molecule has 2 saturated heterocycles. The minimum Gasteiger partial charge on any atom is -0.348 e. The smallest absolute Gasteiger partial charge is 0.224 e. The normalized spacial score (nSPS) is 20.1. The van der Waals surface area contributed by atoms with Crippen LogP contribution in [0.3, 0.4) is 0 Å². The molecule has 4 aromatic rings. The SMILES string of the molecule is CCCCCc1ncc(-c2ccc(C3OCC(CCC)CO3)cc2)c(F)n1.CCCCc1ncc(-c2ccc(C3OCC(CCC)CO3)cc2)c(F)n1. The molecule has 0 unspecified atom stereocenters. The molecule has 0 N–H and O–H groups in total. The summed E-state index contributed by atoms with van der Waals surface area (Å²) in [5, 5.41) is 0. The molecule has 6 rings (SSSR count). The summed E-state index contributed by atoms with van der Waals surface area (Å²) in [4.78, 5) is 16.6. The van der Waals surface area contributed by atoms with E-state index in [0.717, 1.165) is 113 Å². The van der Waals surface area contributed by atoms with Crippen molar-refractivity contribution < 1.29 is 27.7 Å². The molecule has 2 aromatic heterocycles. The number of hydrogen-bond donors (Lipinski definition) is 0. The fourth-order valence-corrected chi connectivity index (χ4v) is 6.55. The number of unbranched alkanes of at least 4 members (excludes halogenated alkanes) is 3. The maximum absolute atomic E-state index is 14.4. The maximum atomic E-state index is 14.4. The lowest BCUT2D eigenvalue weighted by Gasteiger charge is -2.29. The molecule has 8 nitrogen and oxygen atoms in total. The van der Waals surface area contributed by atoms with Gasteiger partial charge in [-0.15, -0.1) is 0 Å². The van der Waals surface area contributed by atoms with Crippen LogP contribution in [0.25, 0.3) is 22.3 Å². The van der Waals surface area contributed by atoms with Gasteiger partial charge in [-0.05, 0) is 36.8 Å². The first-order chi connectivity index (χ1) is 25.9. The third-order valence-corrected chi connectivity index (χ3v) is 9.66. The van der Waals surface area contributed by atoms with Crippen molar-refractivity contribution in [2.45, 2.75) is 111 Å². The van der Waals surface area contributed by atoms with Crippen molar-refractivity contribution in [2.75, 3.05) is 26.4 Å². The van der Waals surface area contributed by atoms with Crippen molar-refractivity contribution in [3.63, 3.8) is 0 Å². The highest BCUT2D eigenvalue weighted by atomic mass is 19.1. The summed E-state index contributed by atoms with van der Waals surface area (Å²) in [6.07, 6.45) is 13.7. The predicted octanol–water partition coefficient (Wildman–Crippen LogP) is 10.6. The molecule has 53 heavy (non-hydrogen) atoms. The minimum absolute atomic E-state index is 0.338. The summed E-state index contributed by atoms with van der Waals surface area (Å²) in [7, 11) is 0. The Kier molecular flexibility index (Phi) is 16.2. The van der Waals surface area contributed by atoms with Gasteiger partial charge in [0.05, 0.1) is 37.6 Å². The Morgan fingerprint density at radius 2 is 0.925 bits per heavy atom. The van der Waals surface area contributed by atoms with Gasteiger partial charge >= 0.3 is 0 Å². The monoisotopic (exact) mass is 730 g/mol. The van der Waals surface area contributed by atoms with Gasteiger partial charge in [0.25, 0.3) is 0 Å². The minimum atomic E-state index is -0.466. The van der Waals surface area contributed by atoms with Crippen molar-refractivity contribution in [3.8, 4) is 22.3 Å². The first-order valence-corrected chi connectivity index (χ1v) is 19.6. The molecule has 0 saturated carbocycles. The number of hydrogen-bond acceptors (Lipinski definition) is 8. The van der Waals surface area contributed by atoms with Crippen LogP contribution in [0.5, 0.6) is 0 Å². The van der Waals surface area contributed by atoms with Crippen LogP contribution in [0.15, 0.2) is 60.9 Å². The van der Waals surface area contributed by atoms with E-state index in [9.17, 15) is 8.78 Å². The van der Waals surface area contributed by atoms with Gasteiger partial charge in [0.2, 0.25) is 11.9 Å². The molecule has 0 aliphatic carbocycles. The molecule has 0 amide bonds. The Morgan fingerprint density at radius 1 is 0.528 bits per heavy atom. The lowest BCUT2D eigenvalue weighted by molar-refractivity contribution is -0.206. The van der Waals surface area contributed by atoms with Crippen LogP contribution < -0.4 is 0 Å². The van der Waals surface area contributed by atoms with Gasteiger partial charge in [-0.1, -0.05) is 108 Å². The van der Waals surface area contributed by atoms with Crippen LogP contribution in [-0.4, -0.2) is 46.4 Å². The van der Waals surface area contributed by atoms with Crippen LogP contribution in [0, 0.1) is 23.7 Å². The molecule has 2 aromatic carbocycles. The molecule has 10 heteroatoms. The van der Waals surface area contributed by atoms with E-state index in [-0.39, 0.29) is 12.6 Å². The second kappa shape index (κ2) is 21.3. The summed E-state index contributed by atoms with van der Waals surface area (Å²) in [6.45, 7) is 11.5. The highest BCUT2D eigenvalue weighted by molar-refractivity contribution is 5.63. The first-order valence-electron chi connectivity index (χ1n) is 19.6. The van der Waals surface area contributed by atoms with Crippen LogP contribution in [-0.2, 0) is 31.8 Å². The zero-order chi connectivity index (χ0) is 37.4. The van der Waals surface area contributed by atoms with Gasteiger partial charge in [0, 0.05) is 48.2 Å². The Hall–Kier alpha value is -3.70. The number of nitrogens with zero attached hydrogens (tertiary/aromatic N) is 4. The van der Waals surface area contributed by atoms with Crippen molar-refractivity contribution >= 4 is 0 Å². The summed E-state index contributed by atoms with van der Waals surface area (Å²) >= 11 is 0. The van der Waals surface area contributed by atoms with Gasteiger partial charge in [-0.2, -0.15) is 8.78 Å². The molecule has 0 bridgehead atoms. The van der Waals surface area contributed by atoms with Gasteiger partial charge < -0.3 is 18.9 Å². The quantitative estimate of drug-likeness (QED) is 0.0882. The van der Waals surface area contributed by atoms with Crippen molar-refractivity contribution in [3.05, 3.63) is 95.6 Å². The molecule has 4 heterocycles. The molecule has 0 spiro atoms. The van der Waals surface area contributed by atoms with Crippen molar-refractivity contribution in [2.24, 2.45) is 11.8 Å². The summed E-state index contributed by atoms with van der Waals surface area (Å²) < 4.78 is 52.1. The van der Waals surface area contributed by atoms with E-state index in [0.29, 0.717) is 41.0 Å². The Labute approximate surface area is 314 Å². The standard InChI is InChI=1S/C22H29FN2O2.C21H27FN2O2/c1-3-5-6-8-20-24-13-19(21(23)25-20)17-9-11-18(12-10-17)22-26-14-16(7-4-2)15-27-22;1-3-5-7-19-23-12-18(20(22)24-19)16-8-10-17(11-9-16)21-25-13-15(6-4-2)14-26-21/h9-13,16,22H,3-8,14-15H2,1-2H3;8-12,15,21H,3-7,13-14H2,1-2H3. The lowest BCUT2D eigenvalue weighted by Crippen LogP contribution is -2.26. The van der Waals surface area contributed by atoms with E-state index >= 15 is 0 Å². The van der Waals surface area contributed by atoms with E-state index < -0.39 is 11.9 Å². The third-order valence-electron chi connectivity index (χ3n) is 9.66. The zero-order valence-corrected chi connectivity index (χ0v) is 31.9. The van der Waals surface area contributed by atoms with Crippen LogP contribution in [0.4, 0.5) is 8.78 Å². The van der Waals surface area contributed by atoms with Crippen molar-refractivity contribution in [1.29, 1.82) is 0 Å². The molecule has 2 fully saturated rings. The molecule has 2 aliphatic heterocycles. The van der Waals surface area contributed by atoms with Crippen LogP contribution in [0.2, 0.25) is 0 Å². The third kappa shape index (κ3) is 11.9. The summed E-state index contributed by atoms with van der Waals surface area (Å²) in [5.41, 5.74) is 4.26. The Balaban J connectivity index is 0.000000204. The largest absolute Gasteiger partial charge is 0.348 e. The van der Waals surface area contributed by atoms with Gasteiger partial charge in [0.1, 0.15) is 11.6 Å². The topological polar surface area (TPSA) is 88.5 Å². The highest BCUT2D eigenvalue weighted by Gasteiger charge is 2.24. The molecular formula is C43H56F2N4O4. The van der Waals surface area contributed by atoms with Crippen LogP contribution in [0.1, 0.15) is 121 Å². The molecule has 286 valence electrons. The van der Waals surface area contributed by atoms with E-state index in [2.05, 4.69) is 47.6 Å². The maximum Gasteiger partial charge on any atom is 0.224 e. The second-order valence-electron chi connectivity index (χ2n) is 14.1. The van der Waals surface area contributed by atoms with E-state index in [1.807, 2.05) is 48.5 Å². The summed E-state index contributed by atoms with van der Waals surface area (Å²) in [5.74, 6) is 1.17. The number of ether oxygens (including phenoxy) is 4. The van der Waals surface area contributed by atoms with Gasteiger partial charge in [-0.25, -0.2) is 19.9 Å².